The average Bonchev–Trinajstić information content (AvgIpc) is 2.48. The molecule has 0 spiro atoms. The summed E-state index contributed by atoms with van der Waals surface area (Å²) in [6.07, 6.45) is 7.08. The summed E-state index contributed by atoms with van der Waals surface area (Å²) >= 11 is 0. The van der Waals surface area contributed by atoms with Gasteiger partial charge in [0.1, 0.15) is 0 Å². The summed E-state index contributed by atoms with van der Waals surface area (Å²) in [6.45, 7) is 4.41. The predicted octanol–water partition coefficient (Wildman–Crippen LogP) is 3.68. The van der Waals surface area contributed by atoms with Crippen LogP contribution >= 0.6 is 0 Å². The third-order valence-electron chi connectivity index (χ3n) is 4.35. The fourth-order valence-electron chi connectivity index (χ4n) is 3.26. The third-order valence-corrected chi connectivity index (χ3v) is 4.35. The number of nitrogens with one attached hydrogen (secondary N) is 1. The van der Waals surface area contributed by atoms with Crippen molar-refractivity contribution in [1.29, 1.82) is 0 Å². The maximum Gasteiger partial charge on any atom is 0.0364 e. The molecule has 0 amide bonds. The molecule has 0 aromatic heterocycles. The highest BCUT2D eigenvalue weighted by Gasteiger charge is 2.23. The Morgan fingerprint density at radius 3 is 2.47 bits per heavy atom. The lowest BCUT2D eigenvalue weighted by Crippen LogP contribution is -2.45. The van der Waals surface area contributed by atoms with Crippen LogP contribution in [0.3, 0.4) is 0 Å². The first kappa shape index (κ1) is 14.4. The lowest BCUT2D eigenvalue weighted by Gasteiger charge is -2.34. The zero-order valence-electron chi connectivity index (χ0n) is 12.4. The molecule has 19 heavy (non-hydrogen) atoms. The van der Waals surface area contributed by atoms with Gasteiger partial charge in [-0.1, -0.05) is 44.4 Å². The van der Waals surface area contributed by atoms with Gasteiger partial charge in [0.2, 0.25) is 0 Å². The molecule has 1 atom stereocenters. The second-order valence-electron chi connectivity index (χ2n) is 5.78. The van der Waals surface area contributed by atoms with Gasteiger partial charge in [0, 0.05) is 25.3 Å². The molecule has 0 saturated heterocycles. The van der Waals surface area contributed by atoms with Crippen LogP contribution in [0.5, 0.6) is 0 Å². The highest BCUT2D eigenvalue weighted by atomic mass is 15.1. The third kappa shape index (κ3) is 4.24. The van der Waals surface area contributed by atoms with E-state index in [9.17, 15) is 0 Å². The second-order valence-corrected chi connectivity index (χ2v) is 5.78. The van der Waals surface area contributed by atoms with Crippen LogP contribution in [0.1, 0.15) is 39.0 Å². The van der Waals surface area contributed by atoms with Gasteiger partial charge in [-0.15, -0.1) is 0 Å². The Bertz CT molecular complexity index is 344. The first-order valence-electron chi connectivity index (χ1n) is 7.81. The van der Waals surface area contributed by atoms with Crippen LogP contribution in [0.4, 0.5) is 5.69 Å². The molecular weight excluding hydrogens is 232 g/mol. The first-order chi connectivity index (χ1) is 9.31. The maximum absolute atomic E-state index is 3.71. The van der Waals surface area contributed by atoms with E-state index in [-0.39, 0.29) is 0 Å². The van der Waals surface area contributed by atoms with E-state index in [0.29, 0.717) is 6.04 Å². The number of hydrogen-bond donors (Lipinski definition) is 1. The second kappa shape index (κ2) is 7.54. The summed E-state index contributed by atoms with van der Waals surface area (Å²) in [5.74, 6) is 0.861. The van der Waals surface area contributed by atoms with Gasteiger partial charge in [0.15, 0.2) is 0 Å². The van der Waals surface area contributed by atoms with Crippen LogP contribution in [-0.4, -0.2) is 26.2 Å². The van der Waals surface area contributed by atoms with E-state index in [2.05, 4.69) is 54.5 Å². The van der Waals surface area contributed by atoms with Gasteiger partial charge in [0.05, 0.1) is 0 Å². The molecule has 1 fully saturated rings. The van der Waals surface area contributed by atoms with Gasteiger partial charge in [-0.05, 0) is 37.4 Å². The number of rotatable bonds is 6. The Kier molecular flexibility index (Phi) is 5.71. The lowest BCUT2D eigenvalue weighted by atomic mass is 9.83. The number of para-hydroxylation sites is 1. The van der Waals surface area contributed by atoms with Gasteiger partial charge < -0.3 is 10.2 Å². The number of nitrogens with zero attached hydrogens (tertiary/aromatic N) is 1. The Balaban J connectivity index is 1.95. The minimum absolute atomic E-state index is 0.635. The summed E-state index contributed by atoms with van der Waals surface area (Å²) in [7, 11) is 2.21. The Morgan fingerprint density at radius 2 is 1.84 bits per heavy atom. The molecule has 2 nitrogen and oxygen atoms in total. The summed E-state index contributed by atoms with van der Waals surface area (Å²) in [6, 6.07) is 11.4. The quantitative estimate of drug-likeness (QED) is 0.839. The predicted molar refractivity (Wildman–Crippen MR) is 83.8 cm³/mol. The Hall–Kier alpha value is -1.02. The van der Waals surface area contributed by atoms with E-state index in [1.165, 1.54) is 37.8 Å². The van der Waals surface area contributed by atoms with Crippen molar-refractivity contribution < 1.29 is 0 Å². The van der Waals surface area contributed by atoms with Crippen molar-refractivity contribution in [3.8, 4) is 0 Å². The molecule has 1 aliphatic carbocycles. The topological polar surface area (TPSA) is 15.3 Å². The van der Waals surface area contributed by atoms with Gasteiger partial charge in [-0.2, -0.15) is 0 Å². The molecule has 1 aliphatic rings. The highest BCUT2D eigenvalue weighted by molar-refractivity contribution is 5.45. The SMILES string of the molecule is CCNC(CN(C)c1ccccc1)C1CCCCC1. The first-order valence-corrected chi connectivity index (χ1v) is 7.81. The molecule has 1 aromatic carbocycles. The number of hydrogen-bond acceptors (Lipinski definition) is 2. The van der Waals surface area contributed by atoms with E-state index < -0.39 is 0 Å². The average molecular weight is 260 g/mol. The molecule has 106 valence electrons. The maximum atomic E-state index is 3.71. The van der Waals surface area contributed by atoms with Gasteiger partial charge in [-0.25, -0.2) is 0 Å². The van der Waals surface area contributed by atoms with E-state index in [0.717, 1.165) is 19.0 Å². The van der Waals surface area contributed by atoms with E-state index in [1.807, 2.05) is 0 Å². The molecule has 2 rings (SSSR count). The molecule has 1 N–H and O–H groups in total. The van der Waals surface area contributed by atoms with E-state index in [4.69, 9.17) is 0 Å². The van der Waals surface area contributed by atoms with E-state index >= 15 is 0 Å². The van der Waals surface area contributed by atoms with Crippen molar-refractivity contribution in [3.63, 3.8) is 0 Å². The lowest BCUT2D eigenvalue weighted by molar-refractivity contribution is 0.273. The van der Waals surface area contributed by atoms with Crippen molar-refractivity contribution in [2.75, 3.05) is 25.0 Å². The number of benzene rings is 1. The highest BCUT2D eigenvalue weighted by Crippen LogP contribution is 2.27. The zero-order valence-corrected chi connectivity index (χ0v) is 12.4. The minimum atomic E-state index is 0.635. The van der Waals surface area contributed by atoms with Crippen molar-refractivity contribution in [2.24, 2.45) is 5.92 Å². The van der Waals surface area contributed by atoms with Crippen molar-refractivity contribution in [2.45, 2.75) is 45.1 Å². The molecule has 1 saturated carbocycles. The van der Waals surface area contributed by atoms with Crippen molar-refractivity contribution in [3.05, 3.63) is 30.3 Å². The fourth-order valence-corrected chi connectivity index (χ4v) is 3.26. The molecule has 2 heteroatoms. The van der Waals surface area contributed by atoms with Crippen LogP contribution < -0.4 is 10.2 Å². The number of likely N-dealkylation sites (N-methyl/N-ethyl adjacent to an activating group) is 2. The van der Waals surface area contributed by atoms with Crippen LogP contribution in [0.15, 0.2) is 30.3 Å². The van der Waals surface area contributed by atoms with Gasteiger partial charge >= 0.3 is 0 Å². The zero-order chi connectivity index (χ0) is 13.5. The smallest absolute Gasteiger partial charge is 0.0364 e. The fraction of sp³-hybridized carbons (Fsp3) is 0.647. The molecule has 0 heterocycles. The normalized spacial score (nSPS) is 18.2. The summed E-state index contributed by atoms with van der Waals surface area (Å²) in [5.41, 5.74) is 1.32. The van der Waals surface area contributed by atoms with Crippen LogP contribution in [0.25, 0.3) is 0 Å². The summed E-state index contributed by atoms with van der Waals surface area (Å²) < 4.78 is 0. The largest absolute Gasteiger partial charge is 0.373 e. The van der Waals surface area contributed by atoms with Crippen LogP contribution in [0.2, 0.25) is 0 Å². The van der Waals surface area contributed by atoms with Gasteiger partial charge in [0.25, 0.3) is 0 Å². The summed E-state index contributed by atoms with van der Waals surface area (Å²) in [5, 5.41) is 3.71. The molecule has 1 aromatic rings. The van der Waals surface area contributed by atoms with Gasteiger partial charge in [-0.3, -0.25) is 0 Å². The van der Waals surface area contributed by atoms with Crippen LogP contribution in [-0.2, 0) is 0 Å². The monoisotopic (exact) mass is 260 g/mol. The molecule has 0 aliphatic heterocycles. The standard InChI is InChI=1S/C17H28N2/c1-3-18-17(15-10-6-4-7-11-15)14-19(2)16-12-8-5-9-13-16/h5,8-9,12-13,15,17-18H,3-4,6-7,10-11,14H2,1-2H3. The molecule has 0 radical (unpaired) electrons. The Labute approximate surface area is 118 Å². The Morgan fingerprint density at radius 1 is 1.16 bits per heavy atom. The number of anilines is 1. The van der Waals surface area contributed by atoms with Crippen molar-refractivity contribution in [1.82, 2.24) is 5.32 Å². The van der Waals surface area contributed by atoms with Crippen molar-refractivity contribution >= 4 is 5.69 Å². The summed E-state index contributed by atoms with van der Waals surface area (Å²) in [4.78, 5) is 2.39. The minimum Gasteiger partial charge on any atom is -0.373 e. The molecular formula is C17H28N2. The molecule has 0 bridgehead atoms. The van der Waals surface area contributed by atoms with Crippen LogP contribution in [0, 0.1) is 5.92 Å². The molecule has 1 unspecified atom stereocenters. The van der Waals surface area contributed by atoms with E-state index in [1.54, 1.807) is 0 Å².